The van der Waals surface area contributed by atoms with E-state index in [4.69, 9.17) is 4.74 Å². The van der Waals surface area contributed by atoms with Gasteiger partial charge in [0.2, 0.25) is 5.91 Å². The number of hydrogen-bond acceptors (Lipinski definition) is 3. The predicted molar refractivity (Wildman–Crippen MR) is 80.6 cm³/mol. The smallest absolute Gasteiger partial charge is 0.229 e. The van der Waals surface area contributed by atoms with Crippen LogP contribution < -0.4 is 5.32 Å². The molecular formula is C16H30N2O2. The molecule has 1 saturated carbocycles. The molecule has 4 atom stereocenters. The molecule has 0 spiro atoms. The Morgan fingerprint density at radius 3 is 2.75 bits per heavy atom. The minimum absolute atomic E-state index is 0.000626. The third-order valence-electron chi connectivity index (χ3n) is 4.97. The molecule has 1 amide bonds. The highest BCUT2D eigenvalue weighted by molar-refractivity contribution is 5.80. The molecule has 4 heteroatoms. The molecule has 2 aliphatic rings. The summed E-state index contributed by atoms with van der Waals surface area (Å²) >= 11 is 0. The van der Waals surface area contributed by atoms with E-state index < -0.39 is 0 Å². The highest BCUT2D eigenvalue weighted by Gasteiger charge is 2.38. The van der Waals surface area contributed by atoms with Gasteiger partial charge in [0, 0.05) is 19.1 Å². The van der Waals surface area contributed by atoms with Crippen molar-refractivity contribution >= 4 is 5.91 Å². The Morgan fingerprint density at radius 1 is 1.30 bits per heavy atom. The molecular weight excluding hydrogens is 252 g/mol. The second-order valence-electron chi connectivity index (χ2n) is 6.48. The summed E-state index contributed by atoms with van der Waals surface area (Å²) in [5.41, 5.74) is 0. The Kier molecular flexibility index (Phi) is 5.85. The molecule has 4 unspecified atom stereocenters. The lowest BCUT2D eigenvalue weighted by Crippen LogP contribution is -2.50. The van der Waals surface area contributed by atoms with Crippen LogP contribution in [0.1, 0.15) is 46.0 Å². The summed E-state index contributed by atoms with van der Waals surface area (Å²) in [6.45, 7) is 6.64. The van der Waals surface area contributed by atoms with Crippen molar-refractivity contribution < 1.29 is 9.53 Å². The lowest BCUT2D eigenvalue weighted by atomic mass is 9.84. The number of ether oxygens (including phenoxy) is 1. The Morgan fingerprint density at radius 2 is 2.05 bits per heavy atom. The van der Waals surface area contributed by atoms with Gasteiger partial charge < -0.3 is 15.0 Å². The van der Waals surface area contributed by atoms with Crippen molar-refractivity contribution in [3.8, 4) is 0 Å². The largest absolute Gasteiger partial charge is 0.379 e. The fraction of sp³-hybridized carbons (Fsp3) is 0.938. The van der Waals surface area contributed by atoms with E-state index >= 15 is 0 Å². The second-order valence-corrected chi connectivity index (χ2v) is 6.48. The molecule has 0 aromatic heterocycles. The number of nitrogens with zero attached hydrogens (tertiary/aromatic N) is 1. The van der Waals surface area contributed by atoms with Gasteiger partial charge in [0.05, 0.1) is 19.1 Å². The predicted octanol–water partition coefficient (Wildman–Crippen LogP) is 2.04. The number of carbonyl (C=O) groups is 1. The first-order valence-electron chi connectivity index (χ1n) is 8.23. The van der Waals surface area contributed by atoms with Crippen molar-refractivity contribution in [3.05, 3.63) is 0 Å². The van der Waals surface area contributed by atoms with Gasteiger partial charge >= 0.3 is 0 Å². The summed E-state index contributed by atoms with van der Waals surface area (Å²) in [5.74, 6) is 0.901. The molecule has 2 fully saturated rings. The van der Waals surface area contributed by atoms with Crippen LogP contribution in [-0.2, 0) is 9.53 Å². The van der Waals surface area contributed by atoms with E-state index in [9.17, 15) is 4.79 Å². The molecule has 0 aromatic rings. The quantitative estimate of drug-likeness (QED) is 0.839. The minimum Gasteiger partial charge on any atom is -0.379 e. The molecule has 116 valence electrons. The zero-order valence-electron chi connectivity index (χ0n) is 13.2. The second kappa shape index (κ2) is 7.41. The van der Waals surface area contributed by atoms with Crippen LogP contribution in [-0.4, -0.2) is 49.7 Å². The van der Waals surface area contributed by atoms with E-state index in [1.54, 1.807) is 0 Å². The first-order valence-corrected chi connectivity index (χ1v) is 8.23. The van der Waals surface area contributed by atoms with E-state index in [0.29, 0.717) is 25.2 Å². The van der Waals surface area contributed by atoms with Crippen LogP contribution in [0.15, 0.2) is 0 Å². The van der Waals surface area contributed by atoms with E-state index in [1.807, 2.05) is 11.9 Å². The van der Waals surface area contributed by atoms with Crippen LogP contribution in [0.4, 0.5) is 0 Å². The highest BCUT2D eigenvalue weighted by atomic mass is 16.5. The normalized spacial score (nSPS) is 34.1. The van der Waals surface area contributed by atoms with Crippen molar-refractivity contribution in [1.29, 1.82) is 0 Å². The first-order chi connectivity index (χ1) is 9.65. The molecule has 2 rings (SSSR count). The molecule has 1 aliphatic heterocycles. The van der Waals surface area contributed by atoms with Gasteiger partial charge in [0.25, 0.3) is 0 Å². The van der Waals surface area contributed by atoms with E-state index in [2.05, 4.69) is 19.2 Å². The van der Waals surface area contributed by atoms with Crippen molar-refractivity contribution in [3.63, 3.8) is 0 Å². The third-order valence-corrected chi connectivity index (χ3v) is 4.97. The lowest BCUT2D eigenvalue weighted by Gasteiger charge is -2.38. The molecule has 0 bridgehead atoms. The summed E-state index contributed by atoms with van der Waals surface area (Å²) in [5, 5.41) is 3.46. The molecule has 0 radical (unpaired) electrons. The lowest BCUT2D eigenvalue weighted by molar-refractivity contribution is -0.138. The fourth-order valence-corrected chi connectivity index (χ4v) is 3.63. The van der Waals surface area contributed by atoms with Gasteiger partial charge in [-0.2, -0.15) is 0 Å². The van der Waals surface area contributed by atoms with Crippen molar-refractivity contribution in [2.24, 2.45) is 11.8 Å². The van der Waals surface area contributed by atoms with Crippen LogP contribution in [0.3, 0.4) is 0 Å². The summed E-state index contributed by atoms with van der Waals surface area (Å²) in [6.07, 6.45) is 6.07. The SMILES string of the molecule is CCCNC1COCC1C(=O)N(C)C1CCCCC1C. The van der Waals surface area contributed by atoms with Gasteiger partial charge in [-0.3, -0.25) is 4.79 Å². The molecule has 1 saturated heterocycles. The van der Waals surface area contributed by atoms with E-state index in [1.165, 1.54) is 19.3 Å². The van der Waals surface area contributed by atoms with Gasteiger partial charge in [-0.05, 0) is 31.7 Å². The van der Waals surface area contributed by atoms with Crippen molar-refractivity contribution in [2.75, 3.05) is 26.8 Å². The zero-order valence-corrected chi connectivity index (χ0v) is 13.2. The molecule has 4 nitrogen and oxygen atoms in total. The first kappa shape index (κ1) is 15.8. The van der Waals surface area contributed by atoms with Crippen LogP contribution >= 0.6 is 0 Å². The maximum atomic E-state index is 12.8. The van der Waals surface area contributed by atoms with Crippen molar-refractivity contribution in [1.82, 2.24) is 10.2 Å². The molecule has 1 aliphatic carbocycles. The van der Waals surface area contributed by atoms with Crippen molar-refractivity contribution in [2.45, 2.75) is 58.0 Å². The fourth-order valence-electron chi connectivity index (χ4n) is 3.63. The average molecular weight is 282 g/mol. The molecule has 1 heterocycles. The van der Waals surface area contributed by atoms with Gasteiger partial charge in [0.1, 0.15) is 0 Å². The summed E-state index contributed by atoms with van der Waals surface area (Å²) in [7, 11) is 1.99. The topological polar surface area (TPSA) is 41.6 Å². The molecule has 1 N–H and O–H groups in total. The number of nitrogens with one attached hydrogen (secondary N) is 1. The Hall–Kier alpha value is -0.610. The monoisotopic (exact) mass is 282 g/mol. The third kappa shape index (κ3) is 3.53. The zero-order chi connectivity index (χ0) is 14.5. The van der Waals surface area contributed by atoms with Crippen LogP contribution in [0.5, 0.6) is 0 Å². The minimum atomic E-state index is 0.000626. The highest BCUT2D eigenvalue weighted by Crippen LogP contribution is 2.29. The Balaban J connectivity index is 1.94. The summed E-state index contributed by atoms with van der Waals surface area (Å²) < 4.78 is 5.54. The molecule has 0 aromatic carbocycles. The van der Waals surface area contributed by atoms with Crippen LogP contribution in [0, 0.1) is 11.8 Å². The summed E-state index contributed by atoms with van der Waals surface area (Å²) in [4.78, 5) is 14.8. The number of carbonyl (C=O) groups excluding carboxylic acids is 1. The van der Waals surface area contributed by atoms with Crippen LogP contribution in [0.2, 0.25) is 0 Å². The Labute approximate surface area is 123 Å². The molecule has 20 heavy (non-hydrogen) atoms. The number of hydrogen-bond donors (Lipinski definition) is 1. The maximum Gasteiger partial charge on any atom is 0.229 e. The van der Waals surface area contributed by atoms with E-state index in [0.717, 1.165) is 19.4 Å². The standard InChI is InChI=1S/C16H30N2O2/c1-4-9-17-14-11-20-10-13(14)16(19)18(3)15-8-6-5-7-12(15)2/h12-15,17H,4-11H2,1-3H3. The van der Waals surface area contributed by atoms with E-state index in [-0.39, 0.29) is 17.9 Å². The Bertz CT molecular complexity index is 322. The average Bonchev–Trinajstić information content (AvgIpc) is 2.92. The van der Waals surface area contributed by atoms with Gasteiger partial charge in [-0.1, -0.05) is 26.7 Å². The van der Waals surface area contributed by atoms with Gasteiger partial charge in [0.15, 0.2) is 0 Å². The van der Waals surface area contributed by atoms with Gasteiger partial charge in [-0.15, -0.1) is 0 Å². The summed E-state index contributed by atoms with van der Waals surface area (Å²) in [6, 6.07) is 0.618. The maximum absolute atomic E-state index is 12.8. The number of rotatable bonds is 5. The number of amides is 1. The van der Waals surface area contributed by atoms with Gasteiger partial charge in [-0.25, -0.2) is 0 Å². The van der Waals surface area contributed by atoms with Crippen LogP contribution in [0.25, 0.3) is 0 Å².